The van der Waals surface area contributed by atoms with Gasteiger partial charge in [0.2, 0.25) is 0 Å². The van der Waals surface area contributed by atoms with E-state index in [1.54, 1.807) is 0 Å². The quantitative estimate of drug-likeness (QED) is 0.330. The number of methoxy groups -OCH3 is 1. The van der Waals surface area contributed by atoms with E-state index in [1.807, 2.05) is 0 Å². The van der Waals surface area contributed by atoms with Gasteiger partial charge in [-0.15, -0.1) is 0 Å². The fraction of sp³-hybridized carbons (Fsp3) is 0.667. The van der Waals surface area contributed by atoms with E-state index in [0.717, 1.165) is 27.9 Å². The first kappa shape index (κ1) is 25.2. The highest BCUT2D eigenvalue weighted by Crippen LogP contribution is 2.31. The molecule has 29 heavy (non-hydrogen) atoms. The molecule has 0 spiro atoms. The monoisotopic (exact) mass is 477 g/mol. The summed E-state index contributed by atoms with van der Waals surface area (Å²) in [7, 11) is 1.02. The molecule has 5 atom stereocenters. The number of halogens is 3. The highest BCUT2D eigenvalue weighted by Gasteiger charge is 2.55. The molecule has 1 aliphatic heterocycles. The lowest BCUT2D eigenvalue weighted by atomic mass is 9.96. The number of carbonyl (C=O) groups is 5. The summed E-state index contributed by atoms with van der Waals surface area (Å²) in [4.78, 5) is 58.9. The van der Waals surface area contributed by atoms with Crippen molar-refractivity contribution in [3.63, 3.8) is 0 Å². The Morgan fingerprint density at radius 3 is 1.69 bits per heavy atom. The summed E-state index contributed by atoms with van der Waals surface area (Å²) >= 11 is 16.5. The van der Waals surface area contributed by atoms with E-state index in [1.165, 1.54) is 0 Å². The van der Waals surface area contributed by atoms with Crippen LogP contribution >= 0.6 is 34.8 Å². The van der Waals surface area contributed by atoms with E-state index in [9.17, 15) is 24.0 Å². The molecule has 0 radical (unpaired) electrons. The molecule has 14 heteroatoms. The molecule has 1 rings (SSSR count). The molecule has 1 N–H and O–H groups in total. The van der Waals surface area contributed by atoms with Gasteiger partial charge in [0.15, 0.2) is 30.6 Å². The number of hydrogen-bond acceptors (Lipinski definition) is 10. The number of amides is 1. The second-order valence-corrected chi connectivity index (χ2v) is 7.98. The molecule has 1 saturated heterocycles. The summed E-state index contributed by atoms with van der Waals surface area (Å²) in [5, 5.41) is 2.13. The molecule has 0 aromatic heterocycles. The van der Waals surface area contributed by atoms with Gasteiger partial charge in [-0.1, -0.05) is 34.8 Å². The standard InChI is InChI=1S/C15H18Cl3NO10/c1-5(20)26-8-9(27-6(2)21)11(13(23)25-4)29-12(10(8)28-7(3)22)19-14(24)15(16,17)18/h8-12H,1-4H3,(H,19,24)/t8-,9-,10+,11-,12+/m0/s1. The highest BCUT2D eigenvalue weighted by molar-refractivity contribution is 6.76. The van der Waals surface area contributed by atoms with E-state index in [2.05, 4.69) is 10.1 Å². The number of esters is 4. The maximum Gasteiger partial charge on any atom is 0.339 e. The molecular weight excluding hydrogens is 461 g/mol. The normalized spacial score (nSPS) is 26.7. The van der Waals surface area contributed by atoms with Crippen LogP contribution in [0, 0.1) is 0 Å². The van der Waals surface area contributed by atoms with Crippen LogP contribution in [0.4, 0.5) is 0 Å². The van der Waals surface area contributed by atoms with E-state index < -0.39 is 64.2 Å². The van der Waals surface area contributed by atoms with Crippen LogP contribution in [0.25, 0.3) is 0 Å². The van der Waals surface area contributed by atoms with Gasteiger partial charge in [-0.25, -0.2) is 4.79 Å². The lowest BCUT2D eigenvalue weighted by molar-refractivity contribution is -0.252. The average Bonchev–Trinajstić information content (AvgIpc) is 2.56. The van der Waals surface area contributed by atoms with Gasteiger partial charge in [0.25, 0.3) is 9.70 Å². The Morgan fingerprint density at radius 1 is 0.828 bits per heavy atom. The van der Waals surface area contributed by atoms with Crippen molar-refractivity contribution >= 4 is 64.6 Å². The Kier molecular flexibility index (Phi) is 8.94. The first-order valence-corrected chi connectivity index (χ1v) is 9.04. The van der Waals surface area contributed by atoms with Gasteiger partial charge in [-0.2, -0.15) is 0 Å². The van der Waals surface area contributed by atoms with Crippen LogP contribution in [0.2, 0.25) is 0 Å². The summed E-state index contributed by atoms with van der Waals surface area (Å²) in [5.41, 5.74) is 0. The van der Waals surface area contributed by atoms with Crippen LogP contribution in [-0.2, 0) is 47.7 Å². The summed E-state index contributed by atoms with van der Waals surface area (Å²) in [5.74, 6) is -4.85. The SMILES string of the molecule is COC(=O)[C@H]1O[C@@H](NC(=O)C(Cl)(Cl)Cl)[C@H](OC(C)=O)[C@@H](OC(C)=O)[C@@H]1OC(C)=O. The predicted molar refractivity (Wildman–Crippen MR) is 95.8 cm³/mol. The molecule has 0 unspecified atom stereocenters. The van der Waals surface area contributed by atoms with Gasteiger partial charge in [-0.05, 0) is 0 Å². The molecule has 1 amide bonds. The van der Waals surface area contributed by atoms with Gasteiger partial charge in [0.1, 0.15) is 0 Å². The molecule has 1 fully saturated rings. The third kappa shape index (κ3) is 7.18. The molecule has 0 aliphatic carbocycles. The van der Waals surface area contributed by atoms with Crippen LogP contribution in [-0.4, -0.2) is 71.3 Å². The topological polar surface area (TPSA) is 144 Å². The molecule has 1 aliphatic rings. The molecule has 0 bridgehead atoms. The lowest BCUT2D eigenvalue weighted by Crippen LogP contribution is -2.67. The maximum absolute atomic E-state index is 12.2. The van der Waals surface area contributed by atoms with E-state index >= 15 is 0 Å². The molecule has 1 heterocycles. The average molecular weight is 479 g/mol. The second-order valence-electron chi connectivity index (χ2n) is 5.69. The van der Waals surface area contributed by atoms with Crippen LogP contribution < -0.4 is 5.32 Å². The van der Waals surface area contributed by atoms with Crippen molar-refractivity contribution in [2.45, 2.75) is 55.2 Å². The number of rotatable bonds is 5. The van der Waals surface area contributed by atoms with Crippen LogP contribution in [0.15, 0.2) is 0 Å². The summed E-state index contributed by atoms with van der Waals surface area (Å²) in [6, 6.07) is 0. The van der Waals surface area contributed by atoms with Crippen molar-refractivity contribution in [3.05, 3.63) is 0 Å². The van der Waals surface area contributed by atoms with Gasteiger partial charge < -0.3 is 29.0 Å². The summed E-state index contributed by atoms with van der Waals surface area (Å²) in [6.07, 6.45) is -8.03. The minimum atomic E-state index is -2.44. The molecule has 164 valence electrons. The number of ether oxygens (including phenoxy) is 5. The Morgan fingerprint density at radius 2 is 1.28 bits per heavy atom. The van der Waals surface area contributed by atoms with Crippen molar-refractivity contribution in [1.29, 1.82) is 0 Å². The largest absolute Gasteiger partial charge is 0.467 e. The number of nitrogens with one attached hydrogen (secondary N) is 1. The zero-order chi connectivity index (χ0) is 22.5. The molecule has 0 saturated carbocycles. The van der Waals surface area contributed by atoms with Crippen molar-refractivity contribution in [3.8, 4) is 0 Å². The Hall–Kier alpha value is -1.82. The van der Waals surface area contributed by atoms with Crippen LogP contribution in [0.1, 0.15) is 20.8 Å². The molecular formula is C15H18Cl3NO10. The predicted octanol–water partition coefficient (Wildman–Crippen LogP) is 0.166. The van der Waals surface area contributed by atoms with E-state index in [-0.39, 0.29) is 0 Å². The van der Waals surface area contributed by atoms with Crippen LogP contribution in [0.5, 0.6) is 0 Å². The van der Waals surface area contributed by atoms with Gasteiger partial charge >= 0.3 is 23.9 Å². The lowest BCUT2D eigenvalue weighted by Gasteiger charge is -2.43. The number of alkyl halides is 3. The van der Waals surface area contributed by atoms with Gasteiger partial charge in [-0.3, -0.25) is 19.2 Å². The van der Waals surface area contributed by atoms with Crippen LogP contribution in [0.3, 0.4) is 0 Å². The van der Waals surface area contributed by atoms with Gasteiger partial charge in [0, 0.05) is 20.8 Å². The molecule has 0 aromatic rings. The summed E-state index contributed by atoms with van der Waals surface area (Å²) in [6.45, 7) is 3.07. The fourth-order valence-corrected chi connectivity index (χ4v) is 2.61. The first-order valence-electron chi connectivity index (χ1n) is 7.90. The fourth-order valence-electron chi connectivity index (χ4n) is 2.44. The maximum atomic E-state index is 12.2. The molecule has 11 nitrogen and oxygen atoms in total. The Labute approximate surface area is 180 Å². The number of hydrogen-bond donors (Lipinski definition) is 1. The number of carbonyl (C=O) groups excluding carboxylic acids is 5. The minimum Gasteiger partial charge on any atom is -0.467 e. The Bertz CT molecular complexity index is 680. The first-order chi connectivity index (χ1) is 13.3. The van der Waals surface area contributed by atoms with E-state index in [0.29, 0.717) is 0 Å². The minimum absolute atomic E-state index is 0.866. The zero-order valence-corrected chi connectivity index (χ0v) is 17.9. The van der Waals surface area contributed by atoms with Gasteiger partial charge in [0.05, 0.1) is 7.11 Å². The van der Waals surface area contributed by atoms with Crippen molar-refractivity contribution in [2.24, 2.45) is 0 Å². The van der Waals surface area contributed by atoms with E-state index in [4.69, 9.17) is 53.8 Å². The Balaban J connectivity index is 3.44. The smallest absolute Gasteiger partial charge is 0.339 e. The third-order valence-electron chi connectivity index (χ3n) is 3.41. The highest BCUT2D eigenvalue weighted by atomic mass is 35.6. The molecule has 0 aromatic carbocycles. The second kappa shape index (κ2) is 10.3. The van der Waals surface area contributed by atoms with Crippen molar-refractivity contribution in [1.82, 2.24) is 5.32 Å². The van der Waals surface area contributed by atoms with Crippen molar-refractivity contribution in [2.75, 3.05) is 7.11 Å². The zero-order valence-electron chi connectivity index (χ0n) is 15.6. The summed E-state index contributed by atoms with van der Waals surface area (Å²) < 4.78 is 22.8. The van der Waals surface area contributed by atoms with Crippen molar-refractivity contribution < 1.29 is 47.7 Å². The third-order valence-corrected chi connectivity index (χ3v) is 3.92.